The van der Waals surface area contributed by atoms with Crippen LogP contribution in [-0.2, 0) is 16.1 Å². The summed E-state index contributed by atoms with van der Waals surface area (Å²) >= 11 is 0. The SMILES string of the molecule is COc1ccccc1CN1CC[C@@]2(CCC[C@H]2C(=O)N2CCOCC2)C1. The molecule has 4 rings (SSSR count). The zero-order valence-electron chi connectivity index (χ0n) is 15.8. The Morgan fingerprint density at radius 1 is 1.23 bits per heavy atom. The quantitative estimate of drug-likeness (QED) is 0.830. The van der Waals surface area contributed by atoms with Gasteiger partial charge in [-0.2, -0.15) is 0 Å². The summed E-state index contributed by atoms with van der Waals surface area (Å²) in [5.74, 6) is 1.54. The number of nitrogens with zero attached hydrogens (tertiary/aromatic N) is 2. The first-order chi connectivity index (χ1) is 12.7. The van der Waals surface area contributed by atoms with E-state index in [9.17, 15) is 4.79 Å². The first-order valence-electron chi connectivity index (χ1n) is 9.93. The number of hydrogen-bond acceptors (Lipinski definition) is 4. The molecule has 2 atom stereocenters. The molecule has 2 aliphatic heterocycles. The number of morpholine rings is 1. The van der Waals surface area contributed by atoms with E-state index in [0.29, 0.717) is 19.1 Å². The van der Waals surface area contributed by atoms with E-state index in [1.165, 1.54) is 18.4 Å². The number of methoxy groups -OCH3 is 1. The van der Waals surface area contributed by atoms with Crippen LogP contribution in [0.25, 0.3) is 0 Å². The largest absolute Gasteiger partial charge is 0.496 e. The molecule has 1 aliphatic carbocycles. The lowest BCUT2D eigenvalue weighted by atomic mass is 9.76. The summed E-state index contributed by atoms with van der Waals surface area (Å²) in [6, 6.07) is 8.27. The van der Waals surface area contributed by atoms with Crippen molar-refractivity contribution in [2.45, 2.75) is 32.2 Å². The van der Waals surface area contributed by atoms with Gasteiger partial charge in [-0.15, -0.1) is 0 Å². The number of amides is 1. The summed E-state index contributed by atoms with van der Waals surface area (Å²) in [4.78, 5) is 17.7. The van der Waals surface area contributed by atoms with Gasteiger partial charge in [-0.3, -0.25) is 9.69 Å². The maximum atomic E-state index is 13.2. The molecular weight excluding hydrogens is 328 g/mol. The molecule has 26 heavy (non-hydrogen) atoms. The number of carbonyl (C=O) groups excluding carboxylic acids is 1. The lowest BCUT2D eigenvalue weighted by Gasteiger charge is -2.36. The third-order valence-electron chi connectivity index (χ3n) is 6.58. The molecule has 1 aromatic rings. The van der Waals surface area contributed by atoms with Crippen LogP contribution in [0.3, 0.4) is 0 Å². The topological polar surface area (TPSA) is 42.0 Å². The molecule has 142 valence electrons. The molecule has 1 spiro atoms. The van der Waals surface area contributed by atoms with Gasteiger partial charge in [0.25, 0.3) is 0 Å². The standard InChI is InChI=1S/C21H30N2O3/c1-25-19-7-3-2-5-17(19)15-22-10-9-21(16-22)8-4-6-18(21)20(24)23-11-13-26-14-12-23/h2-3,5,7,18H,4,6,8-16H2,1H3/t18-,21-/m0/s1. The van der Waals surface area contributed by atoms with E-state index in [2.05, 4.69) is 17.0 Å². The van der Waals surface area contributed by atoms with E-state index in [1.807, 2.05) is 17.0 Å². The molecule has 5 nitrogen and oxygen atoms in total. The summed E-state index contributed by atoms with van der Waals surface area (Å²) in [5.41, 5.74) is 1.42. The molecule has 0 unspecified atom stereocenters. The monoisotopic (exact) mass is 358 g/mol. The summed E-state index contributed by atoms with van der Waals surface area (Å²) < 4.78 is 10.9. The molecule has 0 bridgehead atoms. The predicted molar refractivity (Wildman–Crippen MR) is 100 cm³/mol. The molecule has 3 aliphatic rings. The lowest BCUT2D eigenvalue weighted by Crippen LogP contribution is -2.47. The highest BCUT2D eigenvalue weighted by Gasteiger charge is 2.51. The minimum atomic E-state index is 0.178. The number of rotatable bonds is 4. The Labute approximate surface area is 156 Å². The van der Waals surface area contributed by atoms with Gasteiger partial charge < -0.3 is 14.4 Å². The first-order valence-corrected chi connectivity index (χ1v) is 9.93. The Morgan fingerprint density at radius 3 is 2.85 bits per heavy atom. The Morgan fingerprint density at radius 2 is 2.04 bits per heavy atom. The fraction of sp³-hybridized carbons (Fsp3) is 0.667. The van der Waals surface area contributed by atoms with Crippen LogP contribution in [0.1, 0.15) is 31.2 Å². The fourth-order valence-electron chi connectivity index (χ4n) is 5.21. The van der Waals surface area contributed by atoms with Crippen molar-refractivity contribution in [3.8, 4) is 5.75 Å². The minimum absolute atomic E-state index is 0.178. The van der Waals surface area contributed by atoms with Crippen molar-refractivity contribution in [1.82, 2.24) is 9.80 Å². The van der Waals surface area contributed by atoms with Crippen LogP contribution in [0, 0.1) is 11.3 Å². The Kier molecular flexibility index (Phi) is 5.18. The van der Waals surface area contributed by atoms with Crippen LogP contribution < -0.4 is 4.74 Å². The third kappa shape index (κ3) is 3.35. The number of para-hydroxylation sites is 1. The van der Waals surface area contributed by atoms with Gasteiger partial charge in [0.05, 0.1) is 20.3 Å². The van der Waals surface area contributed by atoms with E-state index < -0.39 is 0 Å². The van der Waals surface area contributed by atoms with Crippen molar-refractivity contribution in [1.29, 1.82) is 0 Å². The van der Waals surface area contributed by atoms with Crippen LogP contribution in [0.5, 0.6) is 5.75 Å². The zero-order chi connectivity index (χ0) is 18.0. The van der Waals surface area contributed by atoms with Crippen LogP contribution in [0.2, 0.25) is 0 Å². The van der Waals surface area contributed by atoms with Crippen LogP contribution in [-0.4, -0.2) is 62.2 Å². The minimum Gasteiger partial charge on any atom is -0.496 e. The molecule has 1 saturated carbocycles. The molecule has 5 heteroatoms. The van der Waals surface area contributed by atoms with Gasteiger partial charge in [0.15, 0.2) is 0 Å². The second-order valence-corrected chi connectivity index (χ2v) is 8.02. The van der Waals surface area contributed by atoms with Crippen molar-refractivity contribution in [3.63, 3.8) is 0 Å². The van der Waals surface area contributed by atoms with Crippen molar-refractivity contribution in [2.24, 2.45) is 11.3 Å². The molecule has 0 radical (unpaired) electrons. The number of hydrogen-bond donors (Lipinski definition) is 0. The second kappa shape index (κ2) is 7.57. The van der Waals surface area contributed by atoms with Gasteiger partial charge >= 0.3 is 0 Å². The Hall–Kier alpha value is -1.59. The van der Waals surface area contributed by atoms with Gasteiger partial charge in [-0.05, 0) is 37.3 Å². The molecule has 1 amide bonds. The fourth-order valence-corrected chi connectivity index (χ4v) is 5.21. The van der Waals surface area contributed by atoms with Crippen LogP contribution in [0.4, 0.5) is 0 Å². The zero-order valence-corrected chi connectivity index (χ0v) is 15.8. The van der Waals surface area contributed by atoms with E-state index in [1.54, 1.807) is 7.11 Å². The van der Waals surface area contributed by atoms with Crippen molar-refractivity contribution < 1.29 is 14.3 Å². The van der Waals surface area contributed by atoms with E-state index >= 15 is 0 Å². The maximum absolute atomic E-state index is 13.2. The highest BCUT2D eigenvalue weighted by Crippen LogP contribution is 2.50. The maximum Gasteiger partial charge on any atom is 0.226 e. The number of likely N-dealkylation sites (tertiary alicyclic amines) is 1. The Balaban J connectivity index is 1.44. The van der Waals surface area contributed by atoms with Crippen molar-refractivity contribution >= 4 is 5.91 Å². The van der Waals surface area contributed by atoms with Gasteiger partial charge in [0.2, 0.25) is 5.91 Å². The average molecular weight is 358 g/mol. The normalized spacial score (nSPS) is 29.4. The highest BCUT2D eigenvalue weighted by atomic mass is 16.5. The summed E-state index contributed by atoms with van der Waals surface area (Å²) in [7, 11) is 1.73. The van der Waals surface area contributed by atoms with Gasteiger partial charge in [-0.1, -0.05) is 24.6 Å². The molecule has 2 saturated heterocycles. The highest BCUT2D eigenvalue weighted by molar-refractivity contribution is 5.80. The van der Waals surface area contributed by atoms with E-state index in [0.717, 1.165) is 51.3 Å². The number of ether oxygens (including phenoxy) is 2. The molecule has 3 fully saturated rings. The molecule has 0 N–H and O–H groups in total. The lowest BCUT2D eigenvalue weighted by molar-refractivity contribution is -0.143. The van der Waals surface area contributed by atoms with Crippen molar-refractivity contribution in [2.75, 3.05) is 46.5 Å². The summed E-state index contributed by atoms with van der Waals surface area (Å²) in [6.07, 6.45) is 4.57. The van der Waals surface area contributed by atoms with Gasteiger partial charge in [0.1, 0.15) is 5.75 Å². The Bertz CT molecular complexity index is 644. The molecular formula is C21H30N2O3. The smallest absolute Gasteiger partial charge is 0.226 e. The number of carbonyl (C=O) groups is 1. The molecule has 1 aromatic carbocycles. The van der Waals surface area contributed by atoms with Gasteiger partial charge in [0, 0.05) is 37.7 Å². The number of benzene rings is 1. The molecule has 2 heterocycles. The van der Waals surface area contributed by atoms with E-state index in [-0.39, 0.29) is 11.3 Å². The third-order valence-corrected chi connectivity index (χ3v) is 6.58. The summed E-state index contributed by atoms with van der Waals surface area (Å²) in [5, 5.41) is 0. The van der Waals surface area contributed by atoms with E-state index in [4.69, 9.17) is 9.47 Å². The molecule has 0 aromatic heterocycles. The van der Waals surface area contributed by atoms with Crippen molar-refractivity contribution in [3.05, 3.63) is 29.8 Å². The van der Waals surface area contributed by atoms with Crippen LogP contribution >= 0.6 is 0 Å². The van der Waals surface area contributed by atoms with Gasteiger partial charge in [-0.25, -0.2) is 0 Å². The van der Waals surface area contributed by atoms with Crippen LogP contribution in [0.15, 0.2) is 24.3 Å². The first kappa shape index (κ1) is 17.8. The second-order valence-electron chi connectivity index (χ2n) is 8.02. The average Bonchev–Trinajstić information content (AvgIpc) is 3.29. The predicted octanol–water partition coefficient (Wildman–Crippen LogP) is 2.55. The summed E-state index contributed by atoms with van der Waals surface area (Å²) in [6.45, 7) is 5.91.